The summed E-state index contributed by atoms with van der Waals surface area (Å²) >= 11 is 0. The van der Waals surface area contributed by atoms with Crippen molar-refractivity contribution in [1.29, 1.82) is 0 Å². The van der Waals surface area contributed by atoms with Crippen LogP contribution in [-0.2, 0) is 4.74 Å². The Morgan fingerprint density at radius 3 is 2.83 bits per heavy atom. The van der Waals surface area contributed by atoms with Crippen molar-refractivity contribution in [1.82, 2.24) is 15.1 Å². The molecule has 0 bridgehead atoms. The maximum atomic E-state index is 11.9. The third kappa shape index (κ3) is 1.78. The Morgan fingerprint density at radius 1 is 1.44 bits per heavy atom. The maximum absolute atomic E-state index is 11.9. The molecule has 2 N–H and O–H groups in total. The Kier molecular flexibility index (Phi) is 2.58. The number of nitrogens with one attached hydrogen (secondary N) is 1. The molecule has 3 aliphatic rings. The predicted molar refractivity (Wildman–Crippen MR) is 61.4 cm³/mol. The number of hydrogen-bond donors (Lipinski definition) is 2. The minimum Gasteiger partial charge on any atom is -0.465 e. The molecule has 0 aromatic heterocycles. The summed E-state index contributed by atoms with van der Waals surface area (Å²) in [5.41, 5.74) is -0.590. The van der Waals surface area contributed by atoms with E-state index < -0.39 is 11.7 Å². The molecule has 3 saturated heterocycles. The van der Waals surface area contributed by atoms with Gasteiger partial charge < -0.3 is 20.1 Å². The lowest BCUT2D eigenvalue weighted by atomic mass is 9.94. The minimum atomic E-state index is -0.950. The summed E-state index contributed by atoms with van der Waals surface area (Å²) in [6.07, 6.45) is 0.798. The molecule has 7 nitrogen and oxygen atoms in total. The van der Waals surface area contributed by atoms with E-state index in [0.717, 1.165) is 25.9 Å². The monoisotopic (exact) mass is 255 g/mol. The first-order valence-corrected chi connectivity index (χ1v) is 6.28. The van der Waals surface area contributed by atoms with Crippen LogP contribution in [0.15, 0.2) is 0 Å². The number of nitrogens with zero attached hydrogens (tertiary/aromatic N) is 2. The fourth-order valence-electron chi connectivity index (χ4n) is 2.98. The highest BCUT2D eigenvalue weighted by Crippen LogP contribution is 2.34. The van der Waals surface area contributed by atoms with Crippen molar-refractivity contribution >= 4 is 12.2 Å². The molecule has 0 saturated carbocycles. The summed E-state index contributed by atoms with van der Waals surface area (Å²) in [5.74, 6) is 0. The van der Waals surface area contributed by atoms with Crippen LogP contribution in [0, 0.1) is 0 Å². The van der Waals surface area contributed by atoms with E-state index in [-0.39, 0.29) is 12.1 Å². The van der Waals surface area contributed by atoms with Crippen LogP contribution in [0.3, 0.4) is 0 Å². The number of amides is 2. The molecule has 1 spiro atoms. The summed E-state index contributed by atoms with van der Waals surface area (Å²) in [6.45, 7) is 2.91. The van der Waals surface area contributed by atoms with Gasteiger partial charge in [0.15, 0.2) is 5.60 Å². The van der Waals surface area contributed by atoms with Gasteiger partial charge in [0.25, 0.3) is 0 Å². The summed E-state index contributed by atoms with van der Waals surface area (Å²) < 4.78 is 5.39. The van der Waals surface area contributed by atoms with Gasteiger partial charge in [-0.05, 0) is 19.4 Å². The van der Waals surface area contributed by atoms with Crippen molar-refractivity contribution in [3.63, 3.8) is 0 Å². The lowest BCUT2D eigenvalue weighted by Gasteiger charge is -2.44. The van der Waals surface area contributed by atoms with Crippen molar-refractivity contribution in [2.75, 3.05) is 32.7 Å². The molecule has 0 aromatic carbocycles. The van der Waals surface area contributed by atoms with E-state index in [0.29, 0.717) is 19.6 Å². The van der Waals surface area contributed by atoms with E-state index in [1.165, 1.54) is 4.90 Å². The third-order valence-electron chi connectivity index (χ3n) is 3.94. The average Bonchev–Trinajstić information content (AvgIpc) is 2.66. The molecule has 0 radical (unpaired) electrons. The van der Waals surface area contributed by atoms with E-state index in [1.54, 1.807) is 4.90 Å². The van der Waals surface area contributed by atoms with Gasteiger partial charge in [-0.15, -0.1) is 0 Å². The second-order valence-electron chi connectivity index (χ2n) is 5.32. The van der Waals surface area contributed by atoms with Gasteiger partial charge in [-0.1, -0.05) is 0 Å². The van der Waals surface area contributed by atoms with Crippen molar-refractivity contribution in [2.24, 2.45) is 0 Å². The molecular formula is C11H17N3O4. The molecule has 0 aromatic rings. The Morgan fingerprint density at radius 2 is 2.22 bits per heavy atom. The van der Waals surface area contributed by atoms with Crippen LogP contribution < -0.4 is 5.32 Å². The highest BCUT2D eigenvalue weighted by molar-refractivity contribution is 5.73. The van der Waals surface area contributed by atoms with E-state index in [4.69, 9.17) is 9.84 Å². The first kappa shape index (κ1) is 11.6. The van der Waals surface area contributed by atoms with Gasteiger partial charge in [0.1, 0.15) is 0 Å². The van der Waals surface area contributed by atoms with Crippen LogP contribution in [0.2, 0.25) is 0 Å². The molecular weight excluding hydrogens is 238 g/mol. The Bertz CT molecular complexity index is 374. The standard InChI is InChI=1S/C11H17N3O4/c15-9(16)13-5-11(6-13)7-14(10(17)18-11)8-2-1-3-12-4-8/h8,12H,1-7H2,(H,15,16)/t8-/m1/s1. The topological polar surface area (TPSA) is 82.1 Å². The van der Waals surface area contributed by atoms with Gasteiger partial charge in [-0.3, -0.25) is 4.90 Å². The largest absolute Gasteiger partial charge is 0.465 e. The smallest absolute Gasteiger partial charge is 0.410 e. The second kappa shape index (κ2) is 4.01. The number of carboxylic acid groups (broad SMARTS) is 1. The molecule has 3 aliphatic heterocycles. The van der Waals surface area contributed by atoms with Crippen LogP contribution in [-0.4, -0.2) is 71.5 Å². The third-order valence-corrected chi connectivity index (χ3v) is 3.94. The van der Waals surface area contributed by atoms with Gasteiger partial charge in [0, 0.05) is 12.6 Å². The SMILES string of the molecule is O=C(O)N1CC2(C1)CN([C@@H]1CCCNC1)C(=O)O2. The van der Waals surface area contributed by atoms with E-state index in [1.807, 2.05) is 0 Å². The van der Waals surface area contributed by atoms with Crippen molar-refractivity contribution in [3.8, 4) is 0 Å². The zero-order valence-electron chi connectivity index (χ0n) is 10.1. The average molecular weight is 255 g/mol. The molecule has 3 rings (SSSR count). The number of piperidine rings is 1. The fraction of sp³-hybridized carbons (Fsp3) is 0.818. The van der Waals surface area contributed by atoms with Crippen LogP contribution in [0.4, 0.5) is 9.59 Å². The van der Waals surface area contributed by atoms with Gasteiger partial charge in [-0.2, -0.15) is 0 Å². The molecule has 0 unspecified atom stereocenters. The highest BCUT2D eigenvalue weighted by Gasteiger charge is 2.56. The highest BCUT2D eigenvalue weighted by atomic mass is 16.6. The minimum absolute atomic E-state index is 0.185. The number of carbonyl (C=O) groups is 2. The molecule has 7 heteroatoms. The van der Waals surface area contributed by atoms with E-state index in [9.17, 15) is 9.59 Å². The molecule has 18 heavy (non-hydrogen) atoms. The molecule has 0 aliphatic carbocycles. The van der Waals surface area contributed by atoms with Crippen LogP contribution in [0.25, 0.3) is 0 Å². The van der Waals surface area contributed by atoms with Gasteiger partial charge in [0.2, 0.25) is 0 Å². The van der Waals surface area contributed by atoms with E-state index >= 15 is 0 Å². The Balaban J connectivity index is 1.62. The number of ether oxygens (including phenoxy) is 1. The number of rotatable bonds is 1. The lowest BCUT2D eigenvalue weighted by Crippen LogP contribution is -2.65. The summed E-state index contributed by atoms with van der Waals surface area (Å²) in [4.78, 5) is 25.6. The summed E-state index contributed by atoms with van der Waals surface area (Å²) in [6, 6.07) is 0.185. The number of likely N-dealkylation sites (tertiary alicyclic amines) is 1. The second-order valence-corrected chi connectivity index (χ2v) is 5.32. The summed E-state index contributed by atoms with van der Waals surface area (Å²) in [5, 5.41) is 12.1. The zero-order chi connectivity index (χ0) is 12.8. The normalized spacial score (nSPS) is 30.2. The Labute approximate surface area is 105 Å². The quantitative estimate of drug-likeness (QED) is 0.685. The van der Waals surface area contributed by atoms with Crippen molar-refractivity contribution < 1.29 is 19.4 Å². The maximum Gasteiger partial charge on any atom is 0.410 e. The predicted octanol–water partition coefficient (Wildman–Crippen LogP) is -0.0770. The molecule has 1 atom stereocenters. The van der Waals surface area contributed by atoms with Gasteiger partial charge >= 0.3 is 12.2 Å². The molecule has 3 heterocycles. The number of carbonyl (C=O) groups excluding carboxylic acids is 1. The van der Waals surface area contributed by atoms with Crippen LogP contribution >= 0.6 is 0 Å². The van der Waals surface area contributed by atoms with Crippen LogP contribution in [0.1, 0.15) is 12.8 Å². The van der Waals surface area contributed by atoms with Gasteiger partial charge in [-0.25, -0.2) is 9.59 Å². The lowest BCUT2D eigenvalue weighted by molar-refractivity contribution is -0.0611. The molecule has 100 valence electrons. The molecule has 2 amide bonds. The summed E-state index contributed by atoms with van der Waals surface area (Å²) in [7, 11) is 0. The van der Waals surface area contributed by atoms with Gasteiger partial charge in [0.05, 0.1) is 19.6 Å². The number of hydrogen-bond acceptors (Lipinski definition) is 4. The fourth-order valence-corrected chi connectivity index (χ4v) is 2.98. The first-order chi connectivity index (χ1) is 8.60. The van der Waals surface area contributed by atoms with Crippen molar-refractivity contribution in [2.45, 2.75) is 24.5 Å². The van der Waals surface area contributed by atoms with Crippen LogP contribution in [0.5, 0.6) is 0 Å². The van der Waals surface area contributed by atoms with E-state index in [2.05, 4.69) is 5.32 Å². The zero-order valence-corrected chi connectivity index (χ0v) is 10.1. The van der Waals surface area contributed by atoms with Crippen molar-refractivity contribution in [3.05, 3.63) is 0 Å². The molecule has 3 fully saturated rings. The first-order valence-electron chi connectivity index (χ1n) is 6.28. The Hall–Kier alpha value is -1.50.